The van der Waals surface area contributed by atoms with Gasteiger partial charge in [0.05, 0.1) is 16.9 Å². The monoisotopic (exact) mass is 430 g/mol. The first-order valence-electron chi connectivity index (χ1n) is 9.18. The van der Waals surface area contributed by atoms with Gasteiger partial charge in [-0.1, -0.05) is 24.3 Å². The zero-order valence-electron chi connectivity index (χ0n) is 16.5. The van der Waals surface area contributed by atoms with E-state index in [0.29, 0.717) is 11.3 Å². The van der Waals surface area contributed by atoms with E-state index in [1.165, 1.54) is 37.5 Å². The third kappa shape index (κ3) is 3.93. The summed E-state index contributed by atoms with van der Waals surface area (Å²) in [5.74, 6) is 0.137. The Bertz CT molecular complexity index is 1290. The van der Waals surface area contributed by atoms with Gasteiger partial charge >= 0.3 is 11.9 Å². The number of nitrogens with zero attached hydrogens (tertiary/aromatic N) is 6. The minimum absolute atomic E-state index is 0.0307. The van der Waals surface area contributed by atoms with Crippen molar-refractivity contribution in [2.75, 3.05) is 0 Å². The third-order valence-corrected chi connectivity index (χ3v) is 4.72. The van der Waals surface area contributed by atoms with Crippen LogP contribution in [0, 0.1) is 6.92 Å². The van der Waals surface area contributed by atoms with Crippen LogP contribution >= 0.6 is 0 Å². The number of halogens is 3. The van der Waals surface area contributed by atoms with Crippen LogP contribution in [0.1, 0.15) is 16.7 Å². The Balaban J connectivity index is 1.61. The van der Waals surface area contributed by atoms with Crippen LogP contribution in [-0.4, -0.2) is 29.6 Å². The Kier molecular flexibility index (Phi) is 5.09. The number of ether oxygens (including phenoxy) is 1. The molecule has 160 valence electrons. The van der Waals surface area contributed by atoms with Crippen molar-refractivity contribution in [2.24, 2.45) is 7.05 Å². The highest BCUT2D eigenvalue weighted by molar-refractivity contribution is 5.45. The number of tetrazole rings is 1. The Labute approximate surface area is 174 Å². The van der Waals surface area contributed by atoms with Gasteiger partial charge in [0.1, 0.15) is 6.61 Å². The van der Waals surface area contributed by atoms with Crippen LogP contribution in [0.4, 0.5) is 13.2 Å². The van der Waals surface area contributed by atoms with E-state index in [4.69, 9.17) is 4.74 Å². The largest absolute Gasteiger partial charge is 0.472 e. The van der Waals surface area contributed by atoms with Crippen molar-refractivity contribution in [2.45, 2.75) is 19.7 Å². The van der Waals surface area contributed by atoms with E-state index in [-0.39, 0.29) is 18.2 Å². The van der Waals surface area contributed by atoms with E-state index in [9.17, 15) is 18.0 Å². The third-order valence-electron chi connectivity index (χ3n) is 4.72. The zero-order chi connectivity index (χ0) is 22.2. The van der Waals surface area contributed by atoms with Crippen LogP contribution in [0.3, 0.4) is 0 Å². The molecule has 2 aromatic heterocycles. The second-order valence-corrected chi connectivity index (χ2v) is 6.77. The molecule has 31 heavy (non-hydrogen) atoms. The lowest BCUT2D eigenvalue weighted by molar-refractivity contribution is -0.137. The molecule has 4 aromatic rings. The summed E-state index contributed by atoms with van der Waals surface area (Å²) in [5, 5.41) is 11.7. The lowest BCUT2D eigenvalue weighted by Crippen LogP contribution is -2.23. The number of benzene rings is 2. The summed E-state index contributed by atoms with van der Waals surface area (Å²) >= 11 is 0. The van der Waals surface area contributed by atoms with Gasteiger partial charge in [-0.15, -0.1) is 5.10 Å². The molecule has 0 fully saturated rings. The van der Waals surface area contributed by atoms with Crippen molar-refractivity contribution in [3.63, 3.8) is 0 Å². The first-order chi connectivity index (χ1) is 14.8. The molecule has 2 heterocycles. The topological polar surface area (TPSA) is 79.8 Å². The SMILES string of the molecule is Cc1cccc(-n2nnn(C)c2=O)c1COc1ccn(-c2ccccc2C(F)(F)F)n1. The maximum absolute atomic E-state index is 13.3. The molecule has 0 unspecified atom stereocenters. The van der Waals surface area contributed by atoms with Gasteiger partial charge in [-0.05, 0) is 41.1 Å². The lowest BCUT2D eigenvalue weighted by Gasteiger charge is -2.13. The van der Waals surface area contributed by atoms with Gasteiger partial charge in [-0.3, -0.25) is 0 Å². The molecule has 0 N–H and O–H groups in total. The van der Waals surface area contributed by atoms with E-state index < -0.39 is 17.4 Å². The summed E-state index contributed by atoms with van der Waals surface area (Å²) < 4.78 is 48.9. The number of aryl methyl sites for hydroxylation is 2. The molecule has 4 rings (SSSR count). The molecule has 0 aliphatic heterocycles. The Morgan fingerprint density at radius 3 is 2.45 bits per heavy atom. The van der Waals surface area contributed by atoms with Crippen molar-refractivity contribution in [3.05, 3.63) is 81.9 Å². The minimum Gasteiger partial charge on any atom is -0.472 e. The van der Waals surface area contributed by atoms with Crippen molar-refractivity contribution in [1.29, 1.82) is 0 Å². The molecule has 2 aromatic carbocycles. The Hall–Kier alpha value is -3.89. The van der Waals surface area contributed by atoms with Crippen LogP contribution < -0.4 is 10.4 Å². The average Bonchev–Trinajstić information content (AvgIpc) is 3.33. The van der Waals surface area contributed by atoms with E-state index in [2.05, 4.69) is 15.5 Å². The van der Waals surface area contributed by atoms with Gasteiger partial charge in [-0.2, -0.15) is 22.5 Å². The molecule has 0 aliphatic rings. The van der Waals surface area contributed by atoms with Gasteiger partial charge in [0.2, 0.25) is 5.88 Å². The molecule has 0 bridgehead atoms. The maximum atomic E-state index is 13.3. The van der Waals surface area contributed by atoms with Crippen LogP contribution in [0.2, 0.25) is 0 Å². The van der Waals surface area contributed by atoms with Crippen LogP contribution in [0.25, 0.3) is 11.4 Å². The fraction of sp³-hybridized carbons (Fsp3) is 0.200. The van der Waals surface area contributed by atoms with E-state index >= 15 is 0 Å². The molecular weight excluding hydrogens is 413 g/mol. The van der Waals surface area contributed by atoms with Gasteiger partial charge in [0.25, 0.3) is 0 Å². The van der Waals surface area contributed by atoms with E-state index in [1.54, 1.807) is 12.1 Å². The van der Waals surface area contributed by atoms with Crippen molar-refractivity contribution in [1.82, 2.24) is 29.6 Å². The number of para-hydroxylation sites is 1. The van der Waals surface area contributed by atoms with Crippen LogP contribution in [0.15, 0.2) is 59.5 Å². The molecule has 0 spiro atoms. The van der Waals surface area contributed by atoms with Crippen LogP contribution in [0.5, 0.6) is 5.88 Å². The fourth-order valence-corrected chi connectivity index (χ4v) is 3.12. The minimum atomic E-state index is -4.51. The first kappa shape index (κ1) is 20.4. The standard InChI is InChI=1S/C20H17F3N6O2/c1-13-6-5-9-16(29-19(30)27(2)25-26-29)14(13)12-31-18-10-11-28(24-18)17-8-4-3-7-15(17)20(21,22)23/h3-11H,12H2,1-2H3. The van der Waals surface area contributed by atoms with Crippen molar-refractivity contribution in [3.8, 4) is 17.3 Å². The molecule has 0 radical (unpaired) electrons. The highest BCUT2D eigenvalue weighted by atomic mass is 19.4. The summed E-state index contributed by atoms with van der Waals surface area (Å²) in [6, 6.07) is 12.0. The van der Waals surface area contributed by atoms with Crippen molar-refractivity contribution < 1.29 is 17.9 Å². The number of aromatic nitrogens is 6. The molecule has 0 amide bonds. The summed E-state index contributed by atoms with van der Waals surface area (Å²) in [5.41, 5.74) is 0.701. The smallest absolute Gasteiger partial charge is 0.418 e. The number of hydrogen-bond acceptors (Lipinski definition) is 5. The van der Waals surface area contributed by atoms with E-state index in [1.807, 2.05) is 13.0 Å². The predicted octanol–water partition coefficient (Wildman–Crippen LogP) is 3.06. The summed E-state index contributed by atoms with van der Waals surface area (Å²) in [4.78, 5) is 12.2. The molecule has 0 atom stereocenters. The molecule has 0 saturated heterocycles. The van der Waals surface area contributed by atoms with Gasteiger partial charge in [-0.25, -0.2) is 9.48 Å². The van der Waals surface area contributed by atoms with Gasteiger partial charge in [0.15, 0.2) is 0 Å². The number of alkyl halides is 3. The summed E-state index contributed by atoms with van der Waals surface area (Å²) in [6.07, 6.45) is -3.12. The molecular formula is C20H17F3N6O2. The molecule has 0 aliphatic carbocycles. The normalized spacial score (nSPS) is 11.6. The van der Waals surface area contributed by atoms with Gasteiger partial charge < -0.3 is 4.74 Å². The number of rotatable bonds is 5. The summed E-state index contributed by atoms with van der Waals surface area (Å²) in [7, 11) is 1.49. The molecule has 8 nitrogen and oxygen atoms in total. The molecule has 0 saturated carbocycles. The van der Waals surface area contributed by atoms with Crippen molar-refractivity contribution >= 4 is 0 Å². The fourth-order valence-electron chi connectivity index (χ4n) is 3.12. The van der Waals surface area contributed by atoms with Gasteiger partial charge in [0, 0.05) is 24.9 Å². The average molecular weight is 430 g/mol. The lowest BCUT2D eigenvalue weighted by atomic mass is 10.1. The molecule has 11 heteroatoms. The predicted molar refractivity (Wildman–Crippen MR) is 104 cm³/mol. The quantitative estimate of drug-likeness (QED) is 0.486. The zero-order valence-corrected chi connectivity index (χ0v) is 16.5. The number of hydrogen-bond donors (Lipinski definition) is 0. The first-order valence-corrected chi connectivity index (χ1v) is 9.18. The maximum Gasteiger partial charge on any atom is 0.418 e. The Morgan fingerprint density at radius 1 is 1.00 bits per heavy atom. The highest BCUT2D eigenvalue weighted by Crippen LogP contribution is 2.33. The second-order valence-electron chi connectivity index (χ2n) is 6.77. The second kappa shape index (κ2) is 7.74. The van der Waals surface area contributed by atoms with Crippen LogP contribution in [-0.2, 0) is 19.8 Å². The van der Waals surface area contributed by atoms with E-state index in [0.717, 1.165) is 25.7 Å². The summed E-state index contributed by atoms with van der Waals surface area (Å²) in [6.45, 7) is 1.88. The Morgan fingerprint density at radius 2 is 1.74 bits per heavy atom. The highest BCUT2D eigenvalue weighted by Gasteiger charge is 2.33.